The monoisotopic (exact) mass is 479 g/mol. The molecular formula is C26H29N3O6. The molecule has 0 aliphatic carbocycles. The number of hydrogen-bond acceptors (Lipinski definition) is 7. The van der Waals surface area contributed by atoms with Crippen LogP contribution in [0.3, 0.4) is 0 Å². The molecule has 35 heavy (non-hydrogen) atoms. The van der Waals surface area contributed by atoms with Crippen molar-refractivity contribution in [2.75, 3.05) is 50.6 Å². The summed E-state index contributed by atoms with van der Waals surface area (Å²) in [6.07, 6.45) is 0.392. The second-order valence-electron chi connectivity index (χ2n) is 8.42. The third-order valence-electron chi connectivity index (χ3n) is 6.02. The number of rotatable bonds is 8. The molecule has 1 fully saturated rings. The number of carbonyl (C=O) groups excluding carboxylic acids is 2. The van der Waals surface area contributed by atoms with Crippen molar-refractivity contribution in [2.45, 2.75) is 19.8 Å². The molecule has 9 heteroatoms. The third-order valence-corrected chi connectivity index (χ3v) is 6.02. The van der Waals surface area contributed by atoms with Crippen molar-refractivity contribution >= 4 is 34.2 Å². The highest BCUT2D eigenvalue weighted by atomic mass is 16.5. The molecule has 0 unspecified atom stereocenters. The van der Waals surface area contributed by atoms with E-state index in [0.29, 0.717) is 48.0 Å². The zero-order valence-corrected chi connectivity index (χ0v) is 19.9. The number of amides is 2. The molecule has 0 saturated carbocycles. The summed E-state index contributed by atoms with van der Waals surface area (Å²) in [6.45, 7) is 4.94. The van der Waals surface area contributed by atoms with Gasteiger partial charge in [0.25, 0.3) is 0 Å². The van der Waals surface area contributed by atoms with Gasteiger partial charge in [0, 0.05) is 47.9 Å². The van der Waals surface area contributed by atoms with E-state index >= 15 is 0 Å². The topological polar surface area (TPSA) is 110 Å². The average Bonchev–Trinajstić information content (AvgIpc) is 2.85. The number of aryl methyl sites for hydroxylation is 1. The molecule has 1 aromatic heterocycles. The van der Waals surface area contributed by atoms with Gasteiger partial charge < -0.3 is 24.5 Å². The van der Waals surface area contributed by atoms with Crippen LogP contribution in [0.5, 0.6) is 5.75 Å². The van der Waals surface area contributed by atoms with Gasteiger partial charge in [-0.2, -0.15) is 0 Å². The van der Waals surface area contributed by atoms with Crippen LogP contribution in [0.25, 0.3) is 11.0 Å². The lowest BCUT2D eigenvalue weighted by Gasteiger charge is -2.25. The highest BCUT2D eigenvalue weighted by molar-refractivity contribution is 5.94. The number of methoxy groups -OCH3 is 1. The van der Waals surface area contributed by atoms with E-state index in [4.69, 9.17) is 13.9 Å². The summed E-state index contributed by atoms with van der Waals surface area (Å²) < 4.78 is 15.9. The van der Waals surface area contributed by atoms with Crippen LogP contribution in [0.2, 0.25) is 0 Å². The number of morpholine rings is 1. The maximum Gasteiger partial charge on any atom is 0.339 e. The number of anilines is 2. The van der Waals surface area contributed by atoms with Crippen molar-refractivity contribution in [3.05, 3.63) is 64.0 Å². The van der Waals surface area contributed by atoms with Gasteiger partial charge in [-0.1, -0.05) is 0 Å². The van der Waals surface area contributed by atoms with Crippen molar-refractivity contribution in [3.8, 4) is 5.75 Å². The molecule has 1 aliphatic heterocycles. The van der Waals surface area contributed by atoms with E-state index in [1.165, 1.54) is 0 Å². The third kappa shape index (κ3) is 6.26. The summed E-state index contributed by atoms with van der Waals surface area (Å²) in [4.78, 5) is 39.3. The first kappa shape index (κ1) is 24.4. The van der Waals surface area contributed by atoms with E-state index in [2.05, 4.69) is 10.6 Å². The normalized spacial score (nSPS) is 14.0. The zero-order chi connectivity index (χ0) is 24.8. The van der Waals surface area contributed by atoms with Crippen LogP contribution in [0.1, 0.15) is 17.5 Å². The number of nitrogens with one attached hydrogen (secondary N) is 2. The predicted octanol–water partition coefficient (Wildman–Crippen LogP) is 2.95. The summed E-state index contributed by atoms with van der Waals surface area (Å²) in [5.41, 5.74) is 2.54. The van der Waals surface area contributed by atoms with Crippen LogP contribution in [0, 0.1) is 6.92 Å². The molecule has 4 rings (SSSR count). The highest BCUT2D eigenvalue weighted by Gasteiger charge is 2.15. The number of hydrogen-bond donors (Lipinski definition) is 2. The molecular weight excluding hydrogens is 450 g/mol. The fraction of sp³-hybridized carbons (Fsp3) is 0.346. The molecule has 1 aliphatic rings. The second-order valence-corrected chi connectivity index (χ2v) is 8.42. The van der Waals surface area contributed by atoms with Gasteiger partial charge in [0.15, 0.2) is 0 Å². The molecule has 1 saturated heterocycles. The first-order valence-electron chi connectivity index (χ1n) is 11.5. The maximum atomic E-state index is 12.5. The van der Waals surface area contributed by atoms with Gasteiger partial charge in [-0.3, -0.25) is 14.5 Å². The maximum absolute atomic E-state index is 12.5. The standard InChI is InChI=1S/C26H29N3O6/c1-17-21-8-7-20(33-2)15-23(21)35-26(32)22(17)9-10-24(30)27-18-3-5-19(6-4-18)28-25(31)16-29-11-13-34-14-12-29/h3-8,15H,9-14,16H2,1-2H3,(H,27,30)(H,28,31). The smallest absolute Gasteiger partial charge is 0.339 e. The number of fused-ring (bicyclic) bond motifs is 1. The van der Waals surface area contributed by atoms with Crippen molar-refractivity contribution in [1.29, 1.82) is 0 Å². The lowest BCUT2D eigenvalue weighted by molar-refractivity contribution is -0.118. The van der Waals surface area contributed by atoms with Crippen molar-refractivity contribution in [2.24, 2.45) is 0 Å². The van der Waals surface area contributed by atoms with E-state index in [0.717, 1.165) is 24.0 Å². The molecule has 0 bridgehead atoms. The minimum Gasteiger partial charge on any atom is -0.497 e. The van der Waals surface area contributed by atoms with Crippen LogP contribution in [0.4, 0.5) is 11.4 Å². The molecule has 0 spiro atoms. The minimum absolute atomic E-state index is 0.0910. The van der Waals surface area contributed by atoms with E-state index in [9.17, 15) is 14.4 Å². The van der Waals surface area contributed by atoms with Gasteiger partial charge in [-0.15, -0.1) is 0 Å². The van der Waals surface area contributed by atoms with Crippen LogP contribution in [0.15, 0.2) is 51.7 Å². The molecule has 2 heterocycles. The molecule has 2 N–H and O–H groups in total. The van der Waals surface area contributed by atoms with Gasteiger partial charge in [-0.25, -0.2) is 4.79 Å². The van der Waals surface area contributed by atoms with Crippen molar-refractivity contribution in [3.63, 3.8) is 0 Å². The van der Waals surface area contributed by atoms with Gasteiger partial charge in [0.2, 0.25) is 11.8 Å². The summed E-state index contributed by atoms with van der Waals surface area (Å²) in [7, 11) is 1.55. The Kier molecular flexibility index (Phi) is 7.79. The Balaban J connectivity index is 1.31. The summed E-state index contributed by atoms with van der Waals surface area (Å²) in [5, 5.41) is 6.50. The van der Waals surface area contributed by atoms with E-state index in [1.807, 2.05) is 17.9 Å². The Hall–Kier alpha value is -3.69. The molecule has 0 radical (unpaired) electrons. The lowest BCUT2D eigenvalue weighted by atomic mass is 10.0. The SMILES string of the molecule is COc1ccc2c(C)c(CCC(=O)Nc3ccc(NC(=O)CN4CCOCC4)cc3)c(=O)oc2c1. The first-order valence-corrected chi connectivity index (χ1v) is 11.5. The Morgan fingerprint density at radius 2 is 1.66 bits per heavy atom. The number of nitrogens with zero attached hydrogens (tertiary/aromatic N) is 1. The quantitative estimate of drug-likeness (QED) is 0.478. The fourth-order valence-corrected chi connectivity index (χ4v) is 4.05. The van der Waals surface area contributed by atoms with E-state index in [-0.39, 0.29) is 24.7 Å². The van der Waals surface area contributed by atoms with Crippen LogP contribution >= 0.6 is 0 Å². The molecule has 3 aromatic rings. The summed E-state index contributed by atoms with van der Waals surface area (Å²) in [6, 6.07) is 12.3. The number of carbonyl (C=O) groups is 2. The molecule has 9 nitrogen and oxygen atoms in total. The summed E-state index contributed by atoms with van der Waals surface area (Å²) >= 11 is 0. The molecule has 184 valence electrons. The lowest BCUT2D eigenvalue weighted by Crippen LogP contribution is -2.41. The first-order chi connectivity index (χ1) is 16.9. The Labute approximate surface area is 203 Å². The zero-order valence-electron chi connectivity index (χ0n) is 19.9. The van der Waals surface area contributed by atoms with Gasteiger partial charge in [0.1, 0.15) is 11.3 Å². The fourth-order valence-electron chi connectivity index (χ4n) is 4.05. The minimum atomic E-state index is -0.451. The van der Waals surface area contributed by atoms with Crippen molar-refractivity contribution < 1.29 is 23.5 Å². The van der Waals surface area contributed by atoms with Crippen molar-refractivity contribution in [1.82, 2.24) is 4.90 Å². The molecule has 2 amide bonds. The van der Waals surface area contributed by atoms with Gasteiger partial charge in [0.05, 0.1) is 26.9 Å². The predicted molar refractivity (Wildman–Crippen MR) is 133 cm³/mol. The second kappa shape index (κ2) is 11.2. The Morgan fingerprint density at radius 1 is 1.00 bits per heavy atom. The van der Waals surface area contributed by atoms with Crippen LogP contribution in [-0.2, 0) is 20.7 Å². The largest absolute Gasteiger partial charge is 0.497 e. The van der Waals surface area contributed by atoms with Gasteiger partial charge >= 0.3 is 5.63 Å². The Morgan fingerprint density at radius 3 is 2.31 bits per heavy atom. The average molecular weight is 480 g/mol. The Bertz CT molecular complexity index is 1260. The van der Waals surface area contributed by atoms with Crippen LogP contribution < -0.4 is 21.0 Å². The van der Waals surface area contributed by atoms with Crippen LogP contribution in [-0.4, -0.2) is 56.7 Å². The number of benzene rings is 2. The highest BCUT2D eigenvalue weighted by Crippen LogP contribution is 2.24. The molecule has 2 aromatic carbocycles. The van der Waals surface area contributed by atoms with E-state index < -0.39 is 5.63 Å². The van der Waals surface area contributed by atoms with Gasteiger partial charge in [-0.05, 0) is 55.3 Å². The van der Waals surface area contributed by atoms with E-state index in [1.54, 1.807) is 43.5 Å². The molecule has 0 atom stereocenters. The summed E-state index contributed by atoms with van der Waals surface area (Å²) in [5.74, 6) is 0.296. The number of ether oxygens (including phenoxy) is 2.